The fourth-order valence-electron chi connectivity index (χ4n) is 2.62. The smallest absolute Gasteiger partial charge is 0.325 e. The van der Waals surface area contributed by atoms with E-state index in [2.05, 4.69) is 16.0 Å². The highest BCUT2D eigenvalue weighted by Crippen LogP contribution is 2.23. The zero-order valence-corrected chi connectivity index (χ0v) is 16.9. The molecular weight excluding hydrogens is 370 g/mol. The summed E-state index contributed by atoms with van der Waals surface area (Å²) in [6.45, 7) is 7.71. The van der Waals surface area contributed by atoms with Crippen LogP contribution in [0.15, 0.2) is 17.1 Å². The molecule has 8 heteroatoms. The quantitative estimate of drug-likeness (QED) is 0.644. The van der Waals surface area contributed by atoms with Gasteiger partial charge in [-0.05, 0) is 51.0 Å². The van der Waals surface area contributed by atoms with E-state index >= 15 is 0 Å². The average molecular weight is 390 g/mol. The summed E-state index contributed by atoms with van der Waals surface area (Å²) in [5, 5.41) is 0.825. The van der Waals surface area contributed by atoms with Gasteiger partial charge < -0.3 is 9.30 Å². The van der Waals surface area contributed by atoms with Crippen LogP contribution in [0.4, 0.5) is 0 Å². The maximum absolute atomic E-state index is 12.6. The molecule has 0 aliphatic rings. The van der Waals surface area contributed by atoms with Gasteiger partial charge in [0.05, 0.1) is 28.0 Å². The molecule has 0 N–H and O–H groups in total. The molecule has 0 aliphatic heterocycles. The van der Waals surface area contributed by atoms with Crippen LogP contribution in [0.5, 0.6) is 0 Å². The first-order valence-electron chi connectivity index (χ1n) is 8.00. The Hall–Kier alpha value is -2.32. The minimum absolute atomic E-state index is 0.00577. The van der Waals surface area contributed by atoms with Crippen LogP contribution in [0, 0.1) is 27.7 Å². The number of thiazole rings is 2. The highest BCUT2D eigenvalue weighted by atomic mass is 32.1. The number of methoxy groups -OCH3 is 1. The van der Waals surface area contributed by atoms with E-state index in [0.717, 1.165) is 26.4 Å². The predicted octanol–water partition coefficient (Wildman–Crippen LogP) is 3.31. The van der Waals surface area contributed by atoms with Crippen LogP contribution >= 0.6 is 22.7 Å². The van der Waals surface area contributed by atoms with E-state index in [4.69, 9.17) is 4.74 Å². The molecule has 1 aromatic carbocycles. The Morgan fingerprint density at radius 3 is 2.46 bits per heavy atom. The number of rotatable bonds is 3. The van der Waals surface area contributed by atoms with E-state index in [1.165, 1.54) is 29.8 Å². The minimum atomic E-state index is -0.387. The Balaban J connectivity index is 2.20. The summed E-state index contributed by atoms with van der Waals surface area (Å²) in [6, 6.07) is 4.06. The summed E-state index contributed by atoms with van der Waals surface area (Å²) in [5.74, 6) is -0.728. The molecule has 0 fully saturated rings. The molecule has 0 atom stereocenters. The second-order valence-electron chi connectivity index (χ2n) is 6.02. The van der Waals surface area contributed by atoms with Gasteiger partial charge in [-0.25, -0.2) is 4.98 Å². The first kappa shape index (κ1) is 18.5. The lowest BCUT2D eigenvalue weighted by Gasteiger charge is -2.05. The van der Waals surface area contributed by atoms with Crippen molar-refractivity contribution in [3.63, 3.8) is 0 Å². The van der Waals surface area contributed by atoms with Crippen LogP contribution in [-0.4, -0.2) is 28.5 Å². The molecule has 0 saturated heterocycles. The Labute approximate surface area is 158 Å². The van der Waals surface area contributed by atoms with Crippen molar-refractivity contribution in [2.75, 3.05) is 7.11 Å². The number of aromatic nitrogens is 2. The van der Waals surface area contributed by atoms with Crippen LogP contribution in [0.3, 0.4) is 0 Å². The van der Waals surface area contributed by atoms with E-state index < -0.39 is 0 Å². The number of amides is 1. The van der Waals surface area contributed by atoms with Crippen LogP contribution < -0.4 is 4.80 Å². The lowest BCUT2D eigenvalue weighted by Crippen LogP contribution is -2.22. The third kappa shape index (κ3) is 3.47. The third-order valence-corrected chi connectivity index (χ3v) is 6.21. The summed E-state index contributed by atoms with van der Waals surface area (Å²) < 4.78 is 7.51. The second kappa shape index (κ2) is 7.13. The molecule has 26 heavy (non-hydrogen) atoms. The monoisotopic (exact) mass is 389 g/mol. The van der Waals surface area contributed by atoms with Gasteiger partial charge in [0.15, 0.2) is 4.80 Å². The maximum Gasteiger partial charge on any atom is 0.325 e. The standard InChI is InChI=1S/C18H19N3O3S2/c1-9-6-13-14(7-10(9)2)26-18(21(13)8-15(22)24-5)20-17(23)16-11(3)19-12(4)25-16/h6-7H,8H2,1-5H3. The molecule has 1 amide bonds. The van der Waals surface area contributed by atoms with Crippen LogP contribution in [0.1, 0.15) is 31.5 Å². The molecular formula is C18H19N3O3S2. The molecule has 0 spiro atoms. The predicted molar refractivity (Wildman–Crippen MR) is 103 cm³/mol. The van der Waals surface area contributed by atoms with Crippen molar-refractivity contribution in [1.29, 1.82) is 0 Å². The van der Waals surface area contributed by atoms with E-state index in [9.17, 15) is 9.59 Å². The van der Waals surface area contributed by atoms with Gasteiger partial charge in [0.1, 0.15) is 11.4 Å². The van der Waals surface area contributed by atoms with Crippen molar-refractivity contribution >= 4 is 44.8 Å². The maximum atomic E-state index is 12.6. The average Bonchev–Trinajstić information content (AvgIpc) is 3.08. The molecule has 0 unspecified atom stereocenters. The zero-order valence-electron chi connectivity index (χ0n) is 15.2. The SMILES string of the molecule is COC(=O)Cn1c(=NC(=O)c2sc(C)nc2C)sc2cc(C)c(C)cc21. The molecule has 0 aliphatic carbocycles. The van der Waals surface area contributed by atoms with Crippen LogP contribution in [0.2, 0.25) is 0 Å². The van der Waals surface area contributed by atoms with Gasteiger partial charge >= 0.3 is 5.97 Å². The van der Waals surface area contributed by atoms with E-state index in [1.807, 2.05) is 26.8 Å². The van der Waals surface area contributed by atoms with Gasteiger partial charge in [-0.2, -0.15) is 4.99 Å². The molecule has 6 nitrogen and oxygen atoms in total. The number of hydrogen-bond donors (Lipinski definition) is 0. The number of esters is 1. The van der Waals surface area contributed by atoms with Crippen molar-refractivity contribution in [2.24, 2.45) is 4.99 Å². The van der Waals surface area contributed by atoms with E-state index in [0.29, 0.717) is 15.4 Å². The first-order chi connectivity index (χ1) is 12.3. The zero-order chi connectivity index (χ0) is 19.0. The molecule has 0 saturated carbocycles. The summed E-state index contributed by atoms with van der Waals surface area (Å²) in [7, 11) is 1.35. The summed E-state index contributed by atoms with van der Waals surface area (Å²) in [6.07, 6.45) is 0. The van der Waals surface area contributed by atoms with Gasteiger partial charge in [0, 0.05) is 0 Å². The van der Waals surface area contributed by atoms with Gasteiger partial charge in [-0.1, -0.05) is 11.3 Å². The minimum Gasteiger partial charge on any atom is -0.468 e. The molecule has 2 aromatic heterocycles. The van der Waals surface area contributed by atoms with Crippen molar-refractivity contribution in [3.8, 4) is 0 Å². The summed E-state index contributed by atoms with van der Waals surface area (Å²) in [5.41, 5.74) is 3.80. The molecule has 0 radical (unpaired) electrons. The Kier molecular flexibility index (Phi) is 5.06. The number of aryl methyl sites for hydroxylation is 4. The number of fused-ring (bicyclic) bond motifs is 1. The Morgan fingerprint density at radius 1 is 1.15 bits per heavy atom. The fraction of sp³-hybridized carbons (Fsp3) is 0.333. The number of benzene rings is 1. The van der Waals surface area contributed by atoms with E-state index in [1.54, 1.807) is 11.5 Å². The number of hydrogen-bond acceptors (Lipinski definition) is 6. The van der Waals surface area contributed by atoms with Crippen molar-refractivity contribution in [1.82, 2.24) is 9.55 Å². The lowest BCUT2D eigenvalue weighted by atomic mass is 10.1. The first-order valence-corrected chi connectivity index (χ1v) is 9.64. The highest BCUT2D eigenvalue weighted by Gasteiger charge is 2.16. The number of nitrogens with zero attached hydrogens (tertiary/aromatic N) is 3. The lowest BCUT2D eigenvalue weighted by molar-refractivity contribution is -0.141. The molecule has 0 bridgehead atoms. The molecule has 3 aromatic rings. The normalized spacial score (nSPS) is 12.0. The molecule has 3 rings (SSSR count). The van der Waals surface area contributed by atoms with Gasteiger partial charge in [0.2, 0.25) is 0 Å². The van der Waals surface area contributed by atoms with E-state index in [-0.39, 0.29) is 18.4 Å². The van der Waals surface area contributed by atoms with Crippen LogP contribution in [0.25, 0.3) is 10.2 Å². The summed E-state index contributed by atoms with van der Waals surface area (Å²) >= 11 is 2.71. The Bertz CT molecular complexity index is 1090. The van der Waals surface area contributed by atoms with Crippen molar-refractivity contribution in [3.05, 3.63) is 43.6 Å². The third-order valence-electron chi connectivity index (χ3n) is 4.11. The Morgan fingerprint density at radius 2 is 1.85 bits per heavy atom. The van der Waals surface area contributed by atoms with Crippen molar-refractivity contribution in [2.45, 2.75) is 34.2 Å². The summed E-state index contributed by atoms with van der Waals surface area (Å²) in [4.78, 5) is 34.1. The van der Waals surface area contributed by atoms with Gasteiger partial charge in [-0.3, -0.25) is 9.59 Å². The van der Waals surface area contributed by atoms with Crippen molar-refractivity contribution < 1.29 is 14.3 Å². The van der Waals surface area contributed by atoms with Gasteiger partial charge in [0.25, 0.3) is 5.91 Å². The number of ether oxygens (including phenoxy) is 1. The van der Waals surface area contributed by atoms with Crippen LogP contribution in [-0.2, 0) is 16.1 Å². The number of carbonyl (C=O) groups excluding carboxylic acids is 2. The largest absolute Gasteiger partial charge is 0.468 e. The number of carbonyl (C=O) groups is 2. The molecule has 136 valence electrons. The molecule has 2 heterocycles. The topological polar surface area (TPSA) is 73.6 Å². The highest BCUT2D eigenvalue weighted by molar-refractivity contribution is 7.16. The van der Waals surface area contributed by atoms with Gasteiger partial charge in [-0.15, -0.1) is 11.3 Å². The second-order valence-corrected chi connectivity index (χ2v) is 8.23. The fourth-order valence-corrected chi connectivity index (χ4v) is 4.53.